The average Bonchev–Trinajstić information content (AvgIpc) is 3.17. The van der Waals surface area contributed by atoms with Crippen LogP contribution in [0, 0.1) is 18.3 Å². The highest BCUT2D eigenvalue weighted by Crippen LogP contribution is 2.75. The van der Waals surface area contributed by atoms with Gasteiger partial charge in [0.25, 0.3) is 0 Å². The van der Waals surface area contributed by atoms with Crippen LogP contribution in [-0.4, -0.2) is 18.6 Å². The van der Waals surface area contributed by atoms with E-state index in [0.717, 1.165) is 25.0 Å². The Morgan fingerprint density at radius 3 is 2.94 bits per heavy atom. The smallest absolute Gasteiger partial charge is 0.226 e. The monoisotopic (exact) mass is 243 g/mol. The van der Waals surface area contributed by atoms with Crippen LogP contribution in [0.15, 0.2) is 18.2 Å². The van der Waals surface area contributed by atoms with Gasteiger partial charge < -0.3 is 10.1 Å². The number of carbonyl (C=O) groups is 1. The number of hydrogen-bond acceptors (Lipinski definition) is 2. The standard InChI is InChI=1S/C15H17NO2/c1-9-3-2-4-10-5-12(8-18-13(9)10)16-14(17)15-6-11(15)7-15/h2-4,11-12H,5-8H2,1H3,(H,16,17). The normalized spacial score (nSPS) is 34.9. The first kappa shape index (κ1) is 10.4. The highest BCUT2D eigenvalue weighted by Gasteiger charge is 2.74. The van der Waals surface area contributed by atoms with Gasteiger partial charge in [-0.15, -0.1) is 0 Å². The van der Waals surface area contributed by atoms with Crippen LogP contribution in [0.4, 0.5) is 0 Å². The van der Waals surface area contributed by atoms with Crippen molar-refractivity contribution >= 4 is 5.91 Å². The zero-order valence-corrected chi connectivity index (χ0v) is 10.5. The Morgan fingerprint density at radius 1 is 1.44 bits per heavy atom. The van der Waals surface area contributed by atoms with Gasteiger partial charge in [0.15, 0.2) is 0 Å². The van der Waals surface area contributed by atoms with Crippen molar-refractivity contribution in [2.75, 3.05) is 6.61 Å². The van der Waals surface area contributed by atoms with E-state index in [9.17, 15) is 4.79 Å². The van der Waals surface area contributed by atoms with Crippen LogP contribution < -0.4 is 10.1 Å². The SMILES string of the molecule is Cc1cccc2c1OCC(NC(=O)C13CC1C3)C2. The van der Waals surface area contributed by atoms with Gasteiger partial charge in [0.1, 0.15) is 12.4 Å². The minimum Gasteiger partial charge on any atom is -0.491 e. The number of aryl methyl sites for hydroxylation is 1. The summed E-state index contributed by atoms with van der Waals surface area (Å²) in [5.41, 5.74) is 2.46. The van der Waals surface area contributed by atoms with Crippen molar-refractivity contribution in [3.05, 3.63) is 29.3 Å². The molecule has 0 saturated heterocycles. The number of amides is 1. The highest BCUT2D eigenvalue weighted by molar-refractivity contribution is 5.90. The summed E-state index contributed by atoms with van der Waals surface area (Å²) < 4.78 is 5.80. The van der Waals surface area contributed by atoms with E-state index < -0.39 is 0 Å². The fraction of sp³-hybridized carbons (Fsp3) is 0.533. The maximum Gasteiger partial charge on any atom is 0.226 e. The summed E-state index contributed by atoms with van der Waals surface area (Å²) in [5.74, 6) is 1.98. The summed E-state index contributed by atoms with van der Waals surface area (Å²) in [6.45, 7) is 2.67. The third-order valence-electron chi connectivity index (χ3n) is 4.66. The zero-order valence-electron chi connectivity index (χ0n) is 10.5. The van der Waals surface area contributed by atoms with Crippen molar-refractivity contribution < 1.29 is 9.53 Å². The summed E-state index contributed by atoms with van der Waals surface area (Å²) in [6, 6.07) is 6.35. The molecule has 3 aliphatic rings. The lowest BCUT2D eigenvalue weighted by atomic mass is 9.99. The molecule has 1 aromatic carbocycles. The minimum absolute atomic E-state index is 0.0624. The summed E-state index contributed by atoms with van der Waals surface area (Å²) in [4.78, 5) is 12.0. The van der Waals surface area contributed by atoms with Crippen LogP contribution in [0.5, 0.6) is 5.75 Å². The van der Waals surface area contributed by atoms with Gasteiger partial charge in [-0.2, -0.15) is 0 Å². The third kappa shape index (κ3) is 1.39. The molecule has 1 amide bonds. The van der Waals surface area contributed by atoms with Gasteiger partial charge in [0, 0.05) is 0 Å². The van der Waals surface area contributed by atoms with Gasteiger partial charge >= 0.3 is 0 Å². The number of nitrogens with one attached hydrogen (secondary N) is 1. The zero-order chi connectivity index (χ0) is 12.3. The number of fused-ring (bicyclic) bond motifs is 2. The first-order chi connectivity index (χ1) is 8.69. The predicted molar refractivity (Wildman–Crippen MR) is 67.5 cm³/mol. The van der Waals surface area contributed by atoms with E-state index in [-0.39, 0.29) is 17.4 Å². The molecular weight excluding hydrogens is 226 g/mol. The fourth-order valence-corrected chi connectivity index (χ4v) is 3.08. The highest BCUT2D eigenvalue weighted by atomic mass is 16.5. The lowest BCUT2D eigenvalue weighted by Crippen LogP contribution is -2.44. The molecule has 0 aromatic heterocycles. The van der Waals surface area contributed by atoms with Crippen LogP contribution in [0.2, 0.25) is 0 Å². The Balaban J connectivity index is 1.48. The minimum atomic E-state index is 0.0624. The van der Waals surface area contributed by atoms with Crippen molar-refractivity contribution in [3.8, 4) is 5.75 Å². The van der Waals surface area contributed by atoms with E-state index in [0.29, 0.717) is 12.5 Å². The van der Waals surface area contributed by atoms with Crippen LogP contribution in [0.1, 0.15) is 24.0 Å². The Kier molecular flexibility index (Phi) is 1.90. The van der Waals surface area contributed by atoms with E-state index in [1.165, 1.54) is 11.1 Å². The molecule has 0 spiro atoms. The molecule has 1 unspecified atom stereocenters. The fourth-order valence-electron chi connectivity index (χ4n) is 3.08. The lowest BCUT2D eigenvalue weighted by Gasteiger charge is -2.27. The van der Waals surface area contributed by atoms with E-state index in [1.807, 2.05) is 0 Å². The van der Waals surface area contributed by atoms with Crippen LogP contribution >= 0.6 is 0 Å². The van der Waals surface area contributed by atoms with E-state index in [4.69, 9.17) is 4.74 Å². The second kappa shape index (κ2) is 3.28. The topological polar surface area (TPSA) is 38.3 Å². The molecule has 0 radical (unpaired) electrons. The van der Waals surface area contributed by atoms with Crippen molar-refractivity contribution in [2.24, 2.45) is 11.3 Å². The summed E-state index contributed by atoms with van der Waals surface area (Å²) in [7, 11) is 0. The maximum atomic E-state index is 12.0. The molecule has 2 fully saturated rings. The molecule has 94 valence electrons. The predicted octanol–water partition coefficient (Wildman–Crippen LogP) is 1.82. The molecule has 18 heavy (non-hydrogen) atoms. The quantitative estimate of drug-likeness (QED) is 0.860. The molecule has 0 bridgehead atoms. The molecular formula is C15H17NO2. The van der Waals surface area contributed by atoms with Gasteiger partial charge in [-0.25, -0.2) is 0 Å². The second-order valence-corrected chi connectivity index (χ2v) is 6.01. The van der Waals surface area contributed by atoms with Crippen molar-refractivity contribution in [2.45, 2.75) is 32.2 Å². The van der Waals surface area contributed by atoms with E-state index in [2.05, 4.69) is 30.4 Å². The Morgan fingerprint density at radius 2 is 2.22 bits per heavy atom. The number of benzene rings is 1. The Hall–Kier alpha value is -1.51. The Bertz CT molecular complexity index is 531. The molecule has 1 aliphatic heterocycles. The summed E-state index contributed by atoms with van der Waals surface area (Å²) in [6.07, 6.45) is 3.12. The van der Waals surface area contributed by atoms with Gasteiger partial charge in [0.05, 0.1) is 11.5 Å². The molecule has 3 nitrogen and oxygen atoms in total. The number of carbonyl (C=O) groups excluding carboxylic acids is 1. The van der Waals surface area contributed by atoms with E-state index >= 15 is 0 Å². The third-order valence-corrected chi connectivity index (χ3v) is 4.66. The van der Waals surface area contributed by atoms with E-state index in [1.54, 1.807) is 0 Å². The molecule has 2 aliphatic carbocycles. The lowest BCUT2D eigenvalue weighted by molar-refractivity contribution is -0.125. The summed E-state index contributed by atoms with van der Waals surface area (Å²) in [5, 5.41) is 3.16. The number of rotatable bonds is 2. The molecule has 1 N–H and O–H groups in total. The van der Waals surface area contributed by atoms with Gasteiger partial charge in [-0.05, 0) is 43.2 Å². The van der Waals surface area contributed by atoms with Crippen molar-refractivity contribution in [1.29, 1.82) is 0 Å². The van der Waals surface area contributed by atoms with Crippen LogP contribution in [0.3, 0.4) is 0 Å². The largest absolute Gasteiger partial charge is 0.491 e. The second-order valence-electron chi connectivity index (χ2n) is 6.01. The van der Waals surface area contributed by atoms with Gasteiger partial charge in [0.2, 0.25) is 5.91 Å². The Labute approximate surface area is 107 Å². The number of para-hydroxylation sites is 1. The first-order valence-corrected chi connectivity index (χ1v) is 6.71. The average molecular weight is 243 g/mol. The molecule has 2 saturated carbocycles. The summed E-state index contributed by atoms with van der Waals surface area (Å²) >= 11 is 0. The van der Waals surface area contributed by atoms with Crippen LogP contribution in [0.25, 0.3) is 0 Å². The number of hydrogen-bond donors (Lipinski definition) is 1. The van der Waals surface area contributed by atoms with Gasteiger partial charge in [-0.3, -0.25) is 4.79 Å². The first-order valence-electron chi connectivity index (χ1n) is 6.71. The van der Waals surface area contributed by atoms with Crippen molar-refractivity contribution in [3.63, 3.8) is 0 Å². The molecule has 1 atom stereocenters. The maximum absolute atomic E-state index is 12.0. The molecule has 4 rings (SSSR count). The number of ether oxygens (including phenoxy) is 1. The molecule has 3 heteroatoms. The molecule has 1 aromatic rings. The van der Waals surface area contributed by atoms with Crippen molar-refractivity contribution in [1.82, 2.24) is 5.32 Å². The molecule has 1 heterocycles. The van der Waals surface area contributed by atoms with Crippen LogP contribution in [-0.2, 0) is 11.2 Å². The van der Waals surface area contributed by atoms with Gasteiger partial charge in [-0.1, -0.05) is 18.2 Å².